The van der Waals surface area contributed by atoms with Crippen LogP contribution in [0.2, 0.25) is 0 Å². The number of hydrogen-bond donors (Lipinski definition) is 5. The summed E-state index contributed by atoms with van der Waals surface area (Å²) in [5, 5.41) is 51.8. The Bertz CT molecular complexity index is 791. The number of aliphatic hydroxyl groups excluding tert-OH is 2. The Labute approximate surface area is 147 Å². The van der Waals surface area contributed by atoms with Crippen LogP contribution >= 0.6 is 11.6 Å². The van der Waals surface area contributed by atoms with Crippen LogP contribution in [0.5, 0.6) is 11.5 Å². The van der Waals surface area contributed by atoms with Crippen molar-refractivity contribution in [3.05, 3.63) is 23.3 Å². The first-order valence-corrected chi connectivity index (χ1v) is 7.80. The molecule has 0 aliphatic heterocycles. The summed E-state index contributed by atoms with van der Waals surface area (Å²) in [4.78, 5) is 23.2. The van der Waals surface area contributed by atoms with Crippen LogP contribution in [0.4, 0.5) is 0 Å². The second-order valence-corrected chi connectivity index (χ2v) is 7.32. The number of rotatable bonds is 1. The summed E-state index contributed by atoms with van der Waals surface area (Å²) in [6.07, 6.45) is -4.85. The van der Waals surface area contributed by atoms with E-state index in [-0.39, 0.29) is 11.3 Å². The van der Waals surface area contributed by atoms with Crippen molar-refractivity contribution < 1.29 is 39.9 Å². The normalized spacial score (nSPS) is 40.4. The highest BCUT2D eigenvalue weighted by molar-refractivity contribution is 6.45. The fourth-order valence-corrected chi connectivity index (χ4v) is 4.03. The van der Waals surface area contributed by atoms with Crippen molar-refractivity contribution in [2.45, 2.75) is 41.6 Å². The van der Waals surface area contributed by atoms with Gasteiger partial charge in [-0.3, -0.25) is 9.59 Å². The molecule has 2 aliphatic rings. The van der Waals surface area contributed by atoms with Gasteiger partial charge in [-0.15, -0.1) is 11.6 Å². The van der Waals surface area contributed by atoms with Crippen LogP contribution in [0.15, 0.2) is 12.1 Å². The summed E-state index contributed by atoms with van der Waals surface area (Å²) in [5.74, 6) is -2.76. The smallest absolute Gasteiger partial charge is 0.197 e. The van der Waals surface area contributed by atoms with Crippen molar-refractivity contribution in [1.82, 2.24) is 0 Å². The Morgan fingerprint density at radius 3 is 2.32 bits per heavy atom. The van der Waals surface area contributed by atoms with E-state index in [0.29, 0.717) is 0 Å². The minimum Gasteiger partial charge on any atom is -0.507 e. The predicted octanol–water partition coefficient (Wildman–Crippen LogP) is -0.635. The first-order chi connectivity index (χ1) is 11.4. The zero-order valence-electron chi connectivity index (χ0n) is 13.4. The summed E-state index contributed by atoms with van der Waals surface area (Å²) in [5.41, 5.74) is -5.61. The number of alkyl halides is 1. The van der Waals surface area contributed by atoms with Gasteiger partial charge in [-0.2, -0.15) is 0 Å². The molecular formula is C16H17ClO8. The molecule has 0 spiro atoms. The number of aromatic hydroxyl groups is 1. The number of aliphatic hydroxyl groups is 4. The number of ether oxygens (including phenoxy) is 1. The molecule has 136 valence electrons. The number of carbonyl (C=O) groups excluding carboxylic acids is 2. The molecule has 1 aromatic rings. The molecule has 0 heterocycles. The monoisotopic (exact) mass is 372 g/mol. The van der Waals surface area contributed by atoms with Gasteiger partial charge in [-0.1, -0.05) is 0 Å². The van der Waals surface area contributed by atoms with Crippen LogP contribution in [0, 0.1) is 0 Å². The highest BCUT2D eigenvalue weighted by atomic mass is 35.5. The maximum absolute atomic E-state index is 12.9. The summed E-state index contributed by atoms with van der Waals surface area (Å²) < 4.78 is 4.94. The van der Waals surface area contributed by atoms with E-state index in [4.69, 9.17) is 16.3 Å². The van der Waals surface area contributed by atoms with Crippen molar-refractivity contribution in [2.24, 2.45) is 0 Å². The number of methoxy groups -OCH3 is 1. The number of fused-ring (bicyclic) bond motifs is 2. The van der Waals surface area contributed by atoms with E-state index < -0.39 is 57.6 Å². The lowest BCUT2D eigenvalue weighted by molar-refractivity contribution is -0.195. The SMILES string of the molecule is COc1cc(O)c2c(c1)C(=O)C1(O)CC(C)(O)C(O)C(O)C1(Cl)C2=O. The second kappa shape index (κ2) is 5.15. The molecule has 0 bridgehead atoms. The van der Waals surface area contributed by atoms with Crippen LogP contribution < -0.4 is 4.74 Å². The quantitative estimate of drug-likeness (QED) is 0.409. The molecule has 3 rings (SSSR count). The highest BCUT2D eigenvalue weighted by Gasteiger charge is 2.73. The Morgan fingerprint density at radius 1 is 1.16 bits per heavy atom. The lowest BCUT2D eigenvalue weighted by Crippen LogP contribution is -2.78. The van der Waals surface area contributed by atoms with E-state index in [1.165, 1.54) is 7.11 Å². The molecule has 0 aromatic heterocycles. The molecule has 2 aliphatic carbocycles. The van der Waals surface area contributed by atoms with Crippen LogP contribution in [0.25, 0.3) is 0 Å². The fourth-order valence-electron chi connectivity index (χ4n) is 3.66. The Kier molecular flexibility index (Phi) is 3.73. The van der Waals surface area contributed by atoms with Gasteiger partial charge < -0.3 is 30.3 Å². The maximum Gasteiger partial charge on any atom is 0.197 e. The number of Topliss-reactive ketones (excluding diaryl/α,β-unsaturated/α-hetero) is 2. The van der Waals surface area contributed by atoms with E-state index in [1.807, 2.05) is 0 Å². The molecule has 5 unspecified atom stereocenters. The zero-order valence-corrected chi connectivity index (χ0v) is 14.1. The van der Waals surface area contributed by atoms with Crippen LogP contribution in [0.1, 0.15) is 34.1 Å². The molecule has 0 saturated heterocycles. The van der Waals surface area contributed by atoms with E-state index in [2.05, 4.69) is 0 Å². The fraction of sp³-hybridized carbons (Fsp3) is 0.500. The molecule has 5 N–H and O–H groups in total. The van der Waals surface area contributed by atoms with Gasteiger partial charge in [0.2, 0.25) is 0 Å². The van der Waals surface area contributed by atoms with E-state index in [9.17, 15) is 35.1 Å². The Morgan fingerprint density at radius 2 is 1.76 bits per heavy atom. The van der Waals surface area contributed by atoms with Gasteiger partial charge in [0, 0.05) is 18.1 Å². The molecule has 1 aromatic carbocycles. The molecule has 0 amide bonds. The Hall–Kier alpha value is -1.71. The average molecular weight is 373 g/mol. The van der Waals surface area contributed by atoms with Gasteiger partial charge in [0.1, 0.15) is 23.7 Å². The number of hydrogen-bond acceptors (Lipinski definition) is 8. The first kappa shape index (κ1) is 18.1. The summed E-state index contributed by atoms with van der Waals surface area (Å²) in [6, 6.07) is 2.23. The number of halogens is 1. The highest BCUT2D eigenvalue weighted by Crippen LogP contribution is 2.54. The van der Waals surface area contributed by atoms with Crippen molar-refractivity contribution in [3.63, 3.8) is 0 Å². The minimum atomic E-state index is -2.69. The van der Waals surface area contributed by atoms with Gasteiger partial charge in [0.25, 0.3) is 0 Å². The number of ketones is 2. The third kappa shape index (κ3) is 2.03. The first-order valence-electron chi connectivity index (χ1n) is 7.42. The predicted molar refractivity (Wildman–Crippen MR) is 84.1 cm³/mol. The molecule has 9 heteroatoms. The van der Waals surface area contributed by atoms with Crippen molar-refractivity contribution in [3.8, 4) is 11.5 Å². The molecule has 1 saturated carbocycles. The average Bonchev–Trinajstić information content (AvgIpc) is 2.54. The number of carbonyl (C=O) groups is 2. The molecule has 5 atom stereocenters. The third-order valence-electron chi connectivity index (χ3n) is 5.06. The van der Waals surface area contributed by atoms with Gasteiger partial charge in [-0.05, 0) is 13.0 Å². The van der Waals surface area contributed by atoms with Gasteiger partial charge in [-0.25, -0.2) is 0 Å². The van der Waals surface area contributed by atoms with Gasteiger partial charge >= 0.3 is 0 Å². The van der Waals surface area contributed by atoms with E-state index in [1.54, 1.807) is 0 Å². The molecule has 8 nitrogen and oxygen atoms in total. The minimum absolute atomic E-state index is 0.0613. The molecule has 25 heavy (non-hydrogen) atoms. The van der Waals surface area contributed by atoms with Crippen LogP contribution in [-0.2, 0) is 0 Å². The Balaban J connectivity index is 2.33. The summed E-state index contributed by atoms with van der Waals surface area (Å²) in [6.45, 7) is 1.10. The molecule has 0 radical (unpaired) electrons. The molecule has 1 fully saturated rings. The lowest BCUT2D eigenvalue weighted by atomic mass is 9.57. The number of benzene rings is 1. The lowest BCUT2D eigenvalue weighted by Gasteiger charge is -2.55. The summed E-state index contributed by atoms with van der Waals surface area (Å²) >= 11 is 6.23. The number of phenolic OH excluding ortho intramolecular Hbond substituents is 1. The van der Waals surface area contributed by atoms with Crippen molar-refractivity contribution >= 4 is 23.2 Å². The van der Waals surface area contributed by atoms with Gasteiger partial charge in [0.05, 0.1) is 18.3 Å². The van der Waals surface area contributed by atoms with E-state index >= 15 is 0 Å². The zero-order chi connectivity index (χ0) is 18.9. The number of phenols is 1. The van der Waals surface area contributed by atoms with Crippen molar-refractivity contribution in [2.75, 3.05) is 7.11 Å². The van der Waals surface area contributed by atoms with Crippen LogP contribution in [0.3, 0.4) is 0 Å². The third-order valence-corrected chi connectivity index (χ3v) is 5.77. The largest absolute Gasteiger partial charge is 0.507 e. The topological polar surface area (TPSA) is 145 Å². The maximum atomic E-state index is 12.9. The molecular weight excluding hydrogens is 356 g/mol. The summed E-state index contributed by atoms with van der Waals surface area (Å²) in [7, 11) is 1.28. The van der Waals surface area contributed by atoms with Crippen molar-refractivity contribution in [1.29, 1.82) is 0 Å². The van der Waals surface area contributed by atoms with E-state index in [0.717, 1.165) is 19.1 Å². The van der Waals surface area contributed by atoms with Gasteiger partial charge in [0.15, 0.2) is 22.0 Å². The van der Waals surface area contributed by atoms with Crippen LogP contribution in [-0.4, -0.2) is 72.5 Å². The second-order valence-electron chi connectivity index (χ2n) is 6.72. The standard InChI is InChI=1S/C16H17ClO8/c1-14(23)5-15(24)10(19)7-3-6(25-2)4-8(18)9(7)11(20)16(15,17)13(22)12(14)21/h3-4,12-13,18,21-24H,5H2,1-2H3.